The molecule has 5 nitrogen and oxygen atoms in total. The van der Waals surface area contributed by atoms with E-state index in [0.717, 1.165) is 28.3 Å². The Morgan fingerprint density at radius 2 is 1.92 bits per heavy atom. The molecule has 2 aromatic rings. The molecule has 0 saturated carbocycles. The van der Waals surface area contributed by atoms with Crippen molar-refractivity contribution >= 4 is 5.91 Å². The Hall–Kier alpha value is -2.30. The quantitative estimate of drug-likeness (QED) is 0.886. The number of hydrogen-bond donors (Lipinski definition) is 1. The summed E-state index contributed by atoms with van der Waals surface area (Å²) in [6, 6.07) is 7.80. The fourth-order valence-corrected chi connectivity index (χ4v) is 2.89. The van der Waals surface area contributed by atoms with Crippen molar-refractivity contribution in [1.82, 2.24) is 15.1 Å². The third kappa shape index (κ3) is 3.96. The molecule has 1 aromatic heterocycles. The first-order chi connectivity index (χ1) is 11.3. The molecule has 1 amide bonds. The molecule has 5 heteroatoms. The zero-order chi connectivity index (χ0) is 17.9. The van der Waals surface area contributed by atoms with Gasteiger partial charge in [0.2, 0.25) is 5.91 Å². The number of aryl methyl sites for hydroxylation is 3. The summed E-state index contributed by atoms with van der Waals surface area (Å²) in [7, 11) is 1.90. The number of carbonyl (C=O) groups is 1. The van der Waals surface area contributed by atoms with Crippen LogP contribution in [0.2, 0.25) is 0 Å². The van der Waals surface area contributed by atoms with Gasteiger partial charge in [-0.15, -0.1) is 0 Å². The second-order valence-electron chi connectivity index (χ2n) is 6.42. The summed E-state index contributed by atoms with van der Waals surface area (Å²) in [5, 5.41) is 7.42. The summed E-state index contributed by atoms with van der Waals surface area (Å²) in [5.74, 6) is 0.611. The van der Waals surface area contributed by atoms with Crippen molar-refractivity contribution in [3.63, 3.8) is 0 Å². The number of ether oxygens (including phenoxy) is 1. The van der Waals surface area contributed by atoms with Gasteiger partial charge in [-0.2, -0.15) is 5.10 Å². The first-order valence-electron chi connectivity index (χ1n) is 8.30. The molecule has 0 unspecified atom stereocenters. The van der Waals surface area contributed by atoms with Crippen molar-refractivity contribution < 1.29 is 9.53 Å². The van der Waals surface area contributed by atoms with Crippen LogP contribution in [-0.2, 0) is 11.8 Å². The van der Waals surface area contributed by atoms with Crippen molar-refractivity contribution in [2.75, 3.05) is 6.61 Å². The Morgan fingerprint density at radius 1 is 1.25 bits per heavy atom. The topological polar surface area (TPSA) is 56.1 Å². The van der Waals surface area contributed by atoms with Crippen molar-refractivity contribution in [3.05, 3.63) is 46.8 Å². The third-order valence-electron chi connectivity index (χ3n) is 4.36. The number of nitrogens with zero attached hydrogens (tertiary/aromatic N) is 2. The normalized spacial score (nSPS) is 13.4. The molecule has 130 valence electrons. The lowest BCUT2D eigenvalue weighted by molar-refractivity contribution is -0.123. The molecular weight excluding hydrogens is 302 g/mol. The minimum absolute atomic E-state index is 0.00455. The van der Waals surface area contributed by atoms with E-state index in [1.807, 2.05) is 70.6 Å². The van der Waals surface area contributed by atoms with Gasteiger partial charge in [-0.3, -0.25) is 9.48 Å². The highest BCUT2D eigenvalue weighted by Gasteiger charge is 2.23. The Kier molecular flexibility index (Phi) is 5.65. The monoisotopic (exact) mass is 329 g/mol. The number of hydrogen-bond acceptors (Lipinski definition) is 3. The number of rotatable bonds is 6. The maximum absolute atomic E-state index is 12.5. The molecule has 0 radical (unpaired) electrons. The van der Waals surface area contributed by atoms with Crippen LogP contribution in [0.5, 0.6) is 5.75 Å². The molecular formula is C19H27N3O2. The van der Waals surface area contributed by atoms with E-state index in [9.17, 15) is 4.79 Å². The van der Waals surface area contributed by atoms with Crippen LogP contribution >= 0.6 is 0 Å². The Balaban J connectivity index is 1.95. The minimum Gasteiger partial charge on any atom is -0.491 e. The maximum Gasteiger partial charge on any atom is 0.227 e. The number of para-hydroxylation sites is 1. The van der Waals surface area contributed by atoms with Gasteiger partial charge in [0, 0.05) is 18.3 Å². The average molecular weight is 329 g/mol. The van der Waals surface area contributed by atoms with E-state index < -0.39 is 0 Å². The fourth-order valence-electron chi connectivity index (χ4n) is 2.89. The maximum atomic E-state index is 12.5. The molecule has 1 N–H and O–H groups in total. The number of benzene rings is 1. The van der Waals surface area contributed by atoms with Gasteiger partial charge < -0.3 is 10.1 Å². The zero-order valence-electron chi connectivity index (χ0n) is 15.4. The van der Waals surface area contributed by atoms with E-state index in [4.69, 9.17) is 4.74 Å². The lowest BCUT2D eigenvalue weighted by Gasteiger charge is -2.19. The van der Waals surface area contributed by atoms with E-state index >= 15 is 0 Å². The third-order valence-corrected chi connectivity index (χ3v) is 4.36. The number of nitrogens with one attached hydrogen (secondary N) is 1. The van der Waals surface area contributed by atoms with Crippen LogP contribution < -0.4 is 10.1 Å². The SMILES string of the molecule is Cc1ccccc1OC[C@@H](C)NC(=O)[C@H](C)c1c(C)nn(C)c1C. The van der Waals surface area contributed by atoms with E-state index in [1.165, 1.54) is 0 Å². The van der Waals surface area contributed by atoms with Crippen molar-refractivity contribution in [3.8, 4) is 5.75 Å². The standard InChI is InChI=1S/C19H27N3O2/c1-12-9-7-8-10-17(12)24-11-13(2)20-19(23)14(3)18-15(4)21-22(6)16(18)5/h7-10,13-14H,11H2,1-6H3,(H,20,23)/t13-,14-/m1/s1. The zero-order valence-corrected chi connectivity index (χ0v) is 15.4. The van der Waals surface area contributed by atoms with Crippen LogP contribution in [0.3, 0.4) is 0 Å². The molecule has 0 saturated heterocycles. The van der Waals surface area contributed by atoms with E-state index in [0.29, 0.717) is 6.61 Å². The van der Waals surface area contributed by atoms with E-state index in [2.05, 4.69) is 10.4 Å². The van der Waals surface area contributed by atoms with E-state index in [1.54, 1.807) is 0 Å². The summed E-state index contributed by atoms with van der Waals surface area (Å²) < 4.78 is 7.62. The second kappa shape index (κ2) is 7.51. The fraction of sp³-hybridized carbons (Fsp3) is 0.474. The predicted octanol–water partition coefficient (Wildman–Crippen LogP) is 3.03. The van der Waals surface area contributed by atoms with Gasteiger partial charge in [0.25, 0.3) is 0 Å². The Morgan fingerprint density at radius 3 is 2.50 bits per heavy atom. The van der Waals surface area contributed by atoms with Crippen LogP contribution in [0.4, 0.5) is 0 Å². The predicted molar refractivity (Wildman–Crippen MR) is 95.4 cm³/mol. The number of aromatic nitrogens is 2. The van der Waals surface area contributed by atoms with Gasteiger partial charge in [-0.05, 0) is 46.2 Å². The van der Waals surface area contributed by atoms with Gasteiger partial charge in [-0.25, -0.2) is 0 Å². The number of carbonyl (C=O) groups excluding carboxylic acids is 1. The summed E-state index contributed by atoms with van der Waals surface area (Å²) in [4.78, 5) is 12.5. The summed E-state index contributed by atoms with van der Waals surface area (Å²) in [6.45, 7) is 10.2. The molecule has 2 atom stereocenters. The van der Waals surface area contributed by atoms with Gasteiger partial charge in [0.15, 0.2) is 0 Å². The van der Waals surface area contributed by atoms with Gasteiger partial charge in [-0.1, -0.05) is 18.2 Å². The molecule has 0 aliphatic carbocycles. The molecule has 2 rings (SSSR count). The lowest BCUT2D eigenvalue weighted by atomic mass is 9.98. The second-order valence-corrected chi connectivity index (χ2v) is 6.42. The molecule has 1 heterocycles. The summed E-state index contributed by atoms with van der Waals surface area (Å²) >= 11 is 0. The molecule has 0 fully saturated rings. The Labute approximate surface area is 144 Å². The van der Waals surface area contributed by atoms with Crippen LogP contribution in [0, 0.1) is 20.8 Å². The molecule has 0 aliphatic heterocycles. The highest BCUT2D eigenvalue weighted by molar-refractivity contribution is 5.84. The summed E-state index contributed by atoms with van der Waals surface area (Å²) in [5.41, 5.74) is 4.02. The summed E-state index contributed by atoms with van der Waals surface area (Å²) in [6.07, 6.45) is 0. The van der Waals surface area contributed by atoms with Crippen LogP contribution in [0.25, 0.3) is 0 Å². The molecule has 0 spiro atoms. The first-order valence-corrected chi connectivity index (χ1v) is 8.30. The number of amides is 1. The van der Waals surface area contributed by atoms with E-state index in [-0.39, 0.29) is 17.9 Å². The van der Waals surface area contributed by atoms with Crippen molar-refractivity contribution in [2.24, 2.45) is 7.05 Å². The highest BCUT2D eigenvalue weighted by atomic mass is 16.5. The van der Waals surface area contributed by atoms with Crippen molar-refractivity contribution in [1.29, 1.82) is 0 Å². The molecule has 0 bridgehead atoms. The molecule has 1 aromatic carbocycles. The molecule has 0 aliphatic rings. The first kappa shape index (κ1) is 18.0. The van der Waals surface area contributed by atoms with Crippen molar-refractivity contribution in [2.45, 2.75) is 46.6 Å². The largest absolute Gasteiger partial charge is 0.491 e. The smallest absolute Gasteiger partial charge is 0.227 e. The minimum atomic E-state index is -0.236. The van der Waals surface area contributed by atoms with Gasteiger partial charge in [0.05, 0.1) is 17.7 Å². The van der Waals surface area contributed by atoms with Gasteiger partial charge in [0.1, 0.15) is 12.4 Å². The highest BCUT2D eigenvalue weighted by Crippen LogP contribution is 2.23. The van der Waals surface area contributed by atoms with Crippen LogP contribution in [-0.4, -0.2) is 28.3 Å². The van der Waals surface area contributed by atoms with Crippen LogP contribution in [0.15, 0.2) is 24.3 Å². The Bertz CT molecular complexity index is 721. The van der Waals surface area contributed by atoms with Gasteiger partial charge >= 0.3 is 0 Å². The molecule has 24 heavy (non-hydrogen) atoms. The van der Waals surface area contributed by atoms with Crippen LogP contribution in [0.1, 0.15) is 42.3 Å². The lowest BCUT2D eigenvalue weighted by Crippen LogP contribution is -2.39. The average Bonchev–Trinajstić information content (AvgIpc) is 2.78.